The number of benzene rings is 3. The first-order chi connectivity index (χ1) is 15.8. The molecule has 1 aromatic heterocycles. The lowest BCUT2D eigenvalue weighted by Crippen LogP contribution is -2.30. The first kappa shape index (κ1) is 20.3. The maximum atomic E-state index is 12.9. The Labute approximate surface area is 187 Å². The molecule has 0 saturated heterocycles. The van der Waals surface area contributed by atoms with Gasteiger partial charge in [-0.3, -0.25) is 9.69 Å². The molecule has 0 bridgehead atoms. The number of rotatable bonds is 6. The fraction of sp³-hybridized carbons (Fsp3) is 0.179. The molecular formula is C28H25NO3. The highest BCUT2D eigenvalue weighted by molar-refractivity contribution is 5.32. The highest BCUT2D eigenvalue weighted by atomic mass is 16.5. The Morgan fingerprint density at radius 2 is 1.47 bits per heavy atom. The van der Waals surface area contributed by atoms with Gasteiger partial charge in [-0.25, -0.2) is 0 Å². The second-order valence-electron chi connectivity index (χ2n) is 8.12. The molecule has 0 amide bonds. The van der Waals surface area contributed by atoms with Crippen molar-refractivity contribution < 1.29 is 9.15 Å². The van der Waals surface area contributed by atoms with E-state index < -0.39 is 0 Å². The summed E-state index contributed by atoms with van der Waals surface area (Å²) in [6.45, 7) is 2.41. The molecule has 0 N–H and O–H groups in total. The normalized spacial score (nSPS) is 13.7. The minimum atomic E-state index is -0.384. The van der Waals surface area contributed by atoms with Gasteiger partial charge in [0.15, 0.2) is 0 Å². The third-order valence-corrected chi connectivity index (χ3v) is 5.89. The minimum absolute atomic E-state index is 0.166. The van der Waals surface area contributed by atoms with E-state index in [1.54, 1.807) is 6.07 Å². The molecule has 4 heteroatoms. The molecule has 1 aliphatic rings. The van der Waals surface area contributed by atoms with Gasteiger partial charge in [-0.05, 0) is 28.7 Å². The Kier molecular flexibility index (Phi) is 5.86. The fourth-order valence-corrected chi connectivity index (χ4v) is 4.23. The van der Waals surface area contributed by atoms with Gasteiger partial charge in [0.1, 0.15) is 18.1 Å². The molecule has 2 heterocycles. The van der Waals surface area contributed by atoms with Crippen molar-refractivity contribution in [3.63, 3.8) is 0 Å². The lowest BCUT2D eigenvalue weighted by molar-refractivity contribution is 0.213. The van der Waals surface area contributed by atoms with Crippen LogP contribution in [0.25, 0.3) is 0 Å². The van der Waals surface area contributed by atoms with E-state index in [0.717, 1.165) is 30.6 Å². The average molecular weight is 424 g/mol. The summed E-state index contributed by atoms with van der Waals surface area (Å²) >= 11 is 0. The molecule has 4 nitrogen and oxygen atoms in total. The van der Waals surface area contributed by atoms with Gasteiger partial charge in [-0.15, -0.1) is 0 Å². The first-order valence-electron chi connectivity index (χ1n) is 10.9. The molecule has 0 saturated carbocycles. The van der Waals surface area contributed by atoms with Gasteiger partial charge in [0.25, 0.3) is 0 Å². The summed E-state index contributed by atoms with van der Waals surface area (Å²) in [5.41, 5.74) is 4.54. The third-order valence-electron chi connectivity index (χ3n) is 5.89. The van der Waals surface area contributed by atoms with Gasteiger partial charge in [-0.1, -0.05) is 84.9 Å². The topological polar surface area (TPSA) is 42.7 Å². The number of fused-ring (bicyclic) bond motifs is 1. The summed E-state index contributed by atoms with van der Waals surface area (Å²) in [5, 5.41) is 0. The zero-order valence-corrected chi connectivity index (χ0v) is 17.8. The molecule has 32 heavy (non-hydrogen) atoms. The average Bonchev–Trinajstić information content (AvgIpc) is 2.85. The van der Waals surface area contributed by atoms with Gasteiger partial charge in [-0.2, -0.15) is 0 Å². The van der Waals surface area contributed by atoms with Crippen LogP contribution in [0.4, 0.5) is 0 Å². The van der Waals surface area contributed by atoms with Crippen LogP contribution in [0.2, 0.25) is 0 Å². The smallest absolute Gasteiger partial charge is 0.227 e. The Morgan fingerprint density at radius 1 is 0.844 bits per heavy atom. The Balaban J connectivity index is 1.34. The first-order valence-corrected chi connectivity index (χ1v) is 10.9. The van der Waals surface area contributed by atoms with Gasteiger partial charge >= 0.3 is 0 Å². The maximum absolute atomic E-state index is 12.9. The van der Waals surface area contributed by atoms with Crippen molar-refractivity contribution >= 4 is 0 Å². The highest BCUT2D eigenvalue weighted by Crippen LogP contribution is 2.27. The van der Waals surface area contributed by atoms with E-state index >= 15 is 0 Å². The number of ether oxygens (including phenoxy) is 1. The Hall–Kier alpha value is -3.63. The van der Waals surface area contributed by atoms with Crippen LogP contribution in [0.3, 0.4) is 0 Å². The molecule has 0 fully saturated rings. The van der Waals surface area contributed by atoms with Crippen molar-refractivity contribution in [3.05, 3.63) is 135 Å². The zero-order valence-electron chi connectivity index (χ0n) is 17.8. The quantitative estimate of drug-likeness (QED) is 0.418. The highest BCUT2D eigenvalue weighted by Gasteiger charge is 2.20. The second-order valence-corrected chi connectivity index (χ2v) is 8.12. The monoisotopic (exact) mass is 423 g/mol. The largest absolute Gasteiger partial charge is 0.474 e. The summed E-state index contributed by atoms with van der Waals surface area (Å²) in [4.78, 5) is 15.2. The SMILES string of the molecule is O=c1cc(CN2CCc3ccccc3C2)occ1OC(c1ccccc1)c1ccccc1. The Morgan fingerprint density at radius 3 is 2.12 bits per heavy atom. The van der Waals surface area contributed by atoms with Crippen LogP contribution in [-0.2, 0) is 19.5 Å². The molecule has 1 aliphatic heterocycles. The summed E-state index contributed by atoms with van der Waals surface area (Å²) in [5.74, 6) is 0.869. The van der Waals surface area contributed by atoms with Crippen LogP contribution in [0.15, 0.2) is 106 Å². The molecular weight excluding hydrogens is 398 g/mol. The Bertz CT molecular complexity index is 1190. The van der Waals surface area contributed by atoms with Crippen molar-refractivity contribution in [2.45, 2.75) is 25.6 Å². The van der Waals surface area contributed by atoms with Crippen molar-refractivity contribution in [1.29, 1.82) is 0 Å². The van der Waals surface area contributed by atoms with Crippen molar-refractivity contribution in [1.82, 2.24) is 4.90 Å². The molecule has 3 aromatic carbocycles. The molecule has 4 aromatic rings. The molecule has 0 radical (unpaired) electrons. The van der Waals surface area contributed by atoms with E-state index in [2.05, 4.69) is 29.2 Å². The standard InChI is InChI=1S/C28H25NO3/c30-26-17-25(19-29-16-15-21-9-7-8-14-24(21)18-29)31-20-27(26)32-28(22-10-3-1-4-11-22)23-12-5-2-6-13-23/h1-14,17,20,28H,15-16,18-19H2. The zero-order chi connectivity index (χ0) is 21.8. The van der Waals surface area contributed by atoms with E-state index in [0.29, 0.717) is 12.3 Å². The van der Waals surface area contributed by atoms with Crippen LogP contribution >= 0.6 is 0 Å². The number of hydrogen-bond donors (Lipinski definition) is 0. The molecule has 0 aliphatic carbocycles. The molecule has 0 spiro atoms. The lowest BCUT2D eigenvalue weighted by Gasteiger charge is -2.28. The van der Waals surface area contributed by atoms with Crippen LogP contribution in [0, 0.1) is 0 Å². The summed E-state index contributed by atoms with van der Waals surface area (Å²) in [6.07, 6.45) is 2.08. The summed E-state index contributed by atoms with van der Waals surface area (Å²) in [6, 6.07) is 29.9. The van der Waals surface area contributed by atoms with E-state index in [9.17, 15) is 4.79 Å². The number of hydrogen-bond acceptors (Lipinski definition) is 4. The third kappa shape index (κ3) is 4.51. The lowest BCUT2D eigenvalue weighted by atomic mass is 10.00. The van der Waals surface area contributed by atoms with E-state index in [1.807, 2.05) is 60.7 Å². The van der Waals surface area contributed by atoms with Gasteiger partial charge in [0.05, 0.1) is 6.54 Å². The van der Waals surface area contributed by atoms with Crippen LogP contribution in [0.1, 0.15) is 34.1 Å². The van der Waals surface area contributed by atoms with Gasteiger partial charge in [0, 0.05) is 19.2 Å². The van der Waals surface area contributed by atoms with Crippen molar-refractivity contribution in [2.24, 2.45) is 0 Å². The number of nitrogens with zero attached hydrogens (tertiary/aromatic N) is 1. The van der Waals surface area contributed by atoms with Crippen LogP contribution in [0.5, 0.6) is 5.75 Å². The van der Waals surface area contributed by atoms with Crippen LogP contribution in [-0.4, -0.2) is 11.4 Å². The second kappa shape index (κ2) is 9.25. The predicted molar refractivity (Wildman–Crippen MR) is 125 cm³/mol. The van der Waals surface area contributed by atoms with E-state index in [-0.39, 0.29) is 17.3 Å². The van der Waals surface area contributed by atoms with Gasteiger partial charge < -0.3 is 9.15 Å². The minimum Gasteiger partial charge on any atom is -0.474 e. The van der Waals surface area contributed by atoms with Crippen molar-refractivity contribution in [2.75, 3.05) is 6.54 Å². The molecule has 0 unspecified atom stereocenters. The summed E-state index contributed by atoms with van der Waals surface area (Å²) < 4.78 is 12.0. The van der Waals surface area contributed by atoms with Crippen molar-refractivity contribution in [3.8, 4) is 5.75 Å². The predicted octanol–water partition coefficient (Wildman–Crippen LogP) is 5.37. The maximum Gasteiger partial charge on any atom is 0.227 e. The molecule has 160 valence electrons. The van der Waals surface area contributed by atoms with E-state index in [4.69, 9.17) is 9.15 Å². The molecule has 5 rings (SSSR count). The molecule has 0 atom stereocenters. The van der Waals surface area contributed by atoms with Gasteiger partial charge in [0.2, 0.25) is 11.2 Å². The van der Waals surface area contributed by atoms with Crippen LogP contribution < -0.4 is 10.2 Å². The summed E-state index contributed by atoms with van der Waals surface area (Å²) in [7, 11) is 0. The fourth-order valence-electron chi connectivity index (χ4n) is 4.23. The van der Waals surface area contributed by atoms with E-state index in [1.165, 1.54) is 17.4 Å².